The minimum absolute atomic E-state index is 0.0560. The Hall–Kier alpha value is -2.53. The lowest BCUT2D eigenvalue weighted by Gasteiger charge is -2.35. The Bertz CT molecular complexity index is 863. The fraction of sp³-hybridized carbons (Fsp3) is 0.364. The Kier molecular flexibility index (Phi) is 5.53. The maximum Gasteiger partial charge on any atom is 0.251 e. The minimum atomic E-state index is -0.179. The lowest BCUT2D eigenvalue weighted by atomic mass is 9.94. The highest BCUT2D eigenvalue weighted by atomic mass is 35.5. The highest BCUT2D eigenvalue weighted by molar-refractivity contribution is 6.30. The quantitative estimate of drug-likeness (QED) is 0.862. The highest BCUT2D eigenvalue weighted by Crippen LogP contribution is 2.31. The number of fused-ring (bicyclic) bond motifs is 1. The van der Waals surface area contributed by atoms with Crippen LogP contribution in [0, 0.1) is 5.92 Å². The molecule has 146 valence electrons. The van der Waals surface area contributed by atoms with Crippen molar-refractivity contribution in [2.75, 3.05) is 19.7 Å². The molecule has 6 heteroatoms. The van der Waals surface area contributed by atoms with Gasteiger partial charge < -0.3 is 15.0 Å². The normalized spacial score (nSPS) is 19.5. The summed E-state index contributed by atoms with van der Waals surface area (Å²) in [6.07, 6.45) is 2.18. The molecule has 4 rings (SSSR count). The van der Waals surface area contributed by atoms with E-state index in [1.807, 2.05) is 35.2 Å². The molecule has 1 N–H and O–H groups in total. The van der Waals surface area contributed by atoms with Crippen LogP contribution in [0.15, 0.2) is 48.5 Å². The second kappa shape index (κ2) is 8.23. The molecule has 0 saturated carbocycles. The molecular formula is C22H23ClN2O3. The molecule has 2 amide bonds. The van der Waals surface area contributed by atoms with Gasteiger partial charge in [-0.2, -0.15) is 0 Å². The molecule has 1 saturated heterocycles. The summed E-state index contributed by atoms with van der Waals surface area (Å²) in [4.78, 5) is 27.1. The summed E-state index contributed by atoms with van der Waals surface area (Å²) in [7, 11) is 0. The van der Waals surface area contributed by atoms with Crippen molar-refractivity contribution in [2.45, 2.75) is 25.3 Å². The summed E-state index contributed by atoms with van der Waals surface area (Å²) < 4.78 is 5.76. The van der Waals surface area contributed by atoms with Crippen LogP contribution in [0.2, 0.25) is 5.02 Å². The number of nitrogens with zero attached hydrogens (tertiary/aromatic N) is 1. The SMILES string of the molecule is O=C(NC1CCN(C(=O)[C@@H]2COc3ccc(Cl)cc3C2)CC1)c1ccccc1. The number of nitrogens with one attached hydrogen (secondary N) is 1. The van der Waals surface area contributed by atoms with Crippen molar-refractivity contribution in [3.05, 3.63) is 64.7 Å². The maximum absolute atomic E-state index is 12.9. The van der Waals surface area contributed by atoms with Crippen molar-refractivity contribution >= 4 is 23.4 Å². The lowest BCUT2D eigenvalue weighted by molar-refractivity contribution is -0.138. The number of ether oxygens (including phenoxy) is 1. The van der Waals surface area contributed by atoms with Gasteiger partial charge >= 0.3 is 0 Å². The largest absolute Gasteiger partial charge is 0.492 e. The fourth-order valence-electron chi connectivity index (χ4n) is 3.88. The molecule has 28 heavy (non-hydrogen) atoms. The molecule has 0 radical (unpaired) electrons. The van der Waals surface area contributed by atoms with Gasteiger partial charge in [0.1, 0.15) is 12.4 Å². The molecule has 2 aromatic rings. The smallest absolute Gasteiger partial charge is 0.251 e. The molecule has 5 nitrogen and oxygen atoms in total. The summed E-state index contributed by atoms with van der Waals surface area (Å²) in [5, 5.41) is 3.73. The molecule has 0 bridgehead atoms. The molecular weight excluding hydrogens is 376 g/mol. The van der Waals surface area contributed by atoms with Crippen LogP contribution >= 0.6 is 11.6 Å². The van der Waals surface area contributed by atoms with Crippen molar-refractivity contribution in [1.29, 1.82) is 0 Å². The van der Waals surface area contributed by atoms with E-state index in [2.05, 4.69) is 5.32 Å². The third kappa shape index (κ3) is 4.14. The Morgan fingerprint density at radius 1 is 1.07 bits per heavy atom. The van der Waals surface area contributed by atoms with Gasteiger partial charge in [0, 0.05) is 29.7 Å². The van der Waals surface area contributed by atoms with E-state index in [1.165, 1.54) is 0 Å². The van der Waals surface area contributed by atoms with Crippen molar-refractivity contribution in [3.8, 4) is 5.75 Å². The van der Waals surface area contributed by atoms with Gasteiger partial charge in [0.05, 0.1) is 5.92 Å². The van der Waals surface area contributed by atoms with Gasteiger partial charge in [0.2, 0.25) is 5.91 Å². The number of carbonyl (C=O) groups excluding carboxylic acids is 2. The summed E-state index contributed by atoms with van der Waals surface area (Å²) in [5.41, 5.74) is 1.65. The number of benzene rings is 2. The first-order valence-electron chi connectivity index (χ1n) is 9.66. The van der Waals surface area contributed by atoms with Crippen LogP contribution in [-0.4, -0.2) is 42.5 Å². The maximum atomic E-state index is 12.9. The first kappa shape index (κ1) is 18.8. The predicted molar refractivity (Wildman–Crippen MR) is 108 cm³/mol. The molecule has 2 heterocycles. The standard InChI is InChI=1S/C22H23ClN2O3/c23-18-6-7-20-16(13-18)12-17(14-28-20)22(27)25-10-8-19(9-11-25)24-21(26)15-4-2-1-3-5-15/h1-7,13,17,19H,8-12,14H2,(H,24,26)/t17-/m0/s1. The van der Waals surface area contributed by atoms with Gasteiger partial charge in [-0.25, -0.2) is 0 Å². The van der Waals surface area contributed by atoms with Crippen LogP contribution in [-0.2, 0) is 11.2 Å². The number of amides is 2. The van der Waals surface area contributed by atoms with E-state index >= 15 is 0 Å². The van der Waals surface area contributed by atoms with Crippen molar-refractivity contribution in [2.24, 2.45) is 5.92 Å². The molecule has 1 atom stereocenters. The highest BCUT2D eigenvalue weighted by Gasteiger charge is 2.32. The van der Waals surface area contributed by atoms with Crippen LogP contribution in [0.3, 0.4) is 0 Å². The molecule has 2 aliphatic rings. The zero-order chi connectivity index (χ0) is 19.5. The van der Waals surface area contributed by atoms with Crippen LogP contribution in [0.5, 0.6) is 5.75 Å². The van der Waals surface area contributed by atoms with Crippen molar-refractivity contribution in [1.82, 2.24) is 10.2 Å². The third-order valence-electron chi connectivity index (χ3n) is 5.46. The van der Waals surface area contributed by atoms with Gasteiger partial charge in [-0.15, -0.1) is 0 Å². The zero-order valence-corrected chi connectivity index (χ0v) is 16.3. The van der Waals surface area contributed by atoms with E-state index in [4.69, 9.17) is 16.3 Å². The van der Waals surface area contributed by atoms with Crippen LogP contribution in [0.25, 0.3) is 0 Å². The number of hydrogen-bond donors (Lipinski definition) is 1. The van der Waals surface area contributed by atoms with E-state index in [0.29, 0.717) is 36.7 Å². The Labute approximate surface area is 169 Å². The Morgan fingerprint density at radius 2 is 1.82 bits per heavy atom. The number of likely N-dealkylation sites (tertiary alicyclic amines) is 1. The van der Waals surface area contributed by atoms with Gasteiger partial charge in [-0.1, -0.05) is 29.8 Å². The van der Waals surface area contributed by atoms with E-state index < -0.39 is 0 Å². The summed E-state index contributed by atoms with van der Waals surface area (Å²) in [5.74, 6) is 0.704. The lowest BCUT2D eigenvalue weighted by Crippen LogP contribution is -2.49. The second-order valence-electron chi connectivity index (χ2n) is 7.40. The van der Waals surface area contributed by atoms with E-state index in [0.717, 1.165) is 24.2 Å². The molecule has 0 spiro atoms. The first-order valence-corrected chi connectivity index (χ1v) is 10.0. The summed E-state index contributed by atoms with van der Waals surface area (Å²) >= 11 is 6.07. The number of rotatable bonds is 3. The number of halogens is 1. The second-order valence-corrected chi connectivity index (χ2v) is 7.84. The van der Waals surface area contributed by atoms with Crippen LogP contribution < -0.4 is 10.1 Å². The topological polar surface area (TPSA) is 58.6 Å². The van der Waals surface area contributed by atoms with Gasteiger partial charge in [0.15, 0.2) is 0 Å². The zero-order valence-electron chi connectivity index (χ0n) is 15.6. The van der Waals surface area contributed by atoms with E-state index in [-0.39, 0.29) is 23.8 Å². The van der Waals surface area contributed by atoms with E-state index in [9.17, 15) is 9.59 Å². The van der Waals surface area contributed by atoms with Crippen LogP contribution in [0.1, 0.15) is 28.8 Å². The van der Waals surface area contributed by atoms with Crippen LogP contribution in [0.4, 0.5) is 0 Å². The molecule has 2 aliphatic heterocycles. The van der Waals surface area contributed by atoms with Gasteiger partial charge in [-0.05, 0) is 55.2 Å². The van der Waals surface area contributed by atoms with Gasteiger partial charge in [0.25, 0.3) is 5.91 Å². The number of hydrogen-bond acceptors (Lipinski definition) is 3. The van der Waals surface area contributed by atoms with Gasteiger partial charge in [-0.3, -0.25) is 9.59 Å². The fourth-order valence-corrected chi connectivity index (χ4v) is 4.08. The molecule has 1 fully saturated rings. The summed E-state index contributed by atoms with van der Waals surface area (Å²) in [6.45, 7) is 1.70. The van der Waals surface area contributed by atoms with Crippen molar-refractivity contribution < 1.29 is 14.3 Å². The molecule has 0 aliphatic carbocycles. The minimum Gasteiger partial charge on any atom is -0.492 e. The molecule has 2 aromatic carbocycles. The Morgan fingerprint density at radius 3 is 2.57 bits per heavy atom. The molecule has 0 unspecified atom stereocenters. The molecule has 0 aromatic heterocycles. The predicted octanol–water partition coefficient (Wildman–Crippen LogP) is 3.31. The number of carbonyl (C=O) groups is 2. The summed E-state index contributed by atoms with van der Waals surface area (Å²) in [6, 6.07) is 14.9. The Balaban J connectivity index is 1.30. The number of piperidine rings is 1. The first-order chi connectivity index (χ1) is 13.6. The average Bonchev–Trinajstić information content (AvgIpc) is 2.74. The third-order valence-corrected chi connectivity index (χ3v) is 5.69. The van der Waals surface area contributed by atoms with E-state index in [1.54, 1.807) is 18.2 Å². The van der Waals surface area contributed by atoms with Crippen molar-refractivity contribution in [3.63, 3.8) is 0 Å². The monoisotopic (exact) mass is 398 g/mol. The average molecular weight is 399 g/mol.